The molecular formula is C22H42N4O2. The number of hydrogen-bond acceptors (Lipinski definition) is 4. The van der Waals surface area contributed by atoms with E-state index in [1.807, 2.05) is 7.05 Å². The van der Waals surface area contributed by atoms with Crippen molar-refractivity contribution in [3.8, 4) is 0 Å². The van der Waals surface area contributed by atoms with Crippen LogP contribution in [-0.2, 0) is 9.47 Å². The molecule has 0 spiro atoms. The molecule has 2 N–H and O–H groups in total. The summed E-state index contributed by atoms with van der Waals surface area (Å²) in [5, 5.41) is 7.25. The second kappa shape index (κ2) is 10.3. The summed E-state index contributed by atoms with van der Waals surface area (Å²) in [5.74, 6) is 2.23. The average molecular weight is 395 g/mol. The van der Waals surface area contributed by atoms with Gasteiger partial charge in [0, 0.05) is 58.4 Å². The van der Waals surface area contributed by atoms with Crippen LogP contribution in [0.2, 0.25) is 0 Å². The van der Waals surface area contributed by atoms with Crippen LogP contribution in [0.15, 0.2) is 4.99 Å². The van der Waals surface area contributed by atoms with Crippen molar-refractivity contribution in [3.63, 3.8) is 0 Å². The molecule has 0 bridgehead atoms. The fourth-order valence-corrected chi connectivity index (χ4v) is 4.98. The summed E-state index contributed by atoms with van der Waals surface area (Å²) in [4.78, 5) is 7.09. The van der Waals surface area contributed by atoms with Crippen LogP contribution in [0.5, 0.6) is 0 Å². The number of hydrogen-bond donors (Lipinski definition) is 2. The Kier molecular flexibility index (Phi) is 8.01. The van der Waals surface area contributed by atoms with Crippen LogP contribution in [0.1, 0.15) is 52.9 Å². The molecule has 0 radical (unpaired) electrons. The van der Waals surface area contributed by atoms with Crippen LogP contribution in [0.4, 0.5) is 0 Å². The van der Waals surface area contributed by atoms with E-state index in [1.165, 1.54) is 45.3 Å². The molecule has 3 saturated heterocycles. The van der Waals surface area contributed by atoms with Crippen LogP contribution in [0.25, 0.3) is 0 Å². The number of guanidine groups is 1. The molecule has 3 aliphatic heterocycles. The maximum absolute atomic E-state index is 6.12. The molecule has 6 nitrogen and oxygen atoms in total. The number of likely N-dealkylation sites (tertiary alicyclic amines) is 1. The lowest BCUT2D eigenvalue weighted by Crippen LogP contribution is -2.51. The lowest BCUT2D eigenvalue weighted by atomic mass is 9.78. The van der Waals surface area contributed by atoms with Crippen molar-refractivity contribution in [1.29, 1.82) is 0 Å². The second-order valence-corrected chi connectivity index (χ2v) is 9.96. The number of nitrogens with zero attached hydrogens (tertiary/aromatic N) is 2. The van der Waals surface area contributed by atoms with E-state index >= 15 is 0 Å². The van der Waals surface area contributed by atoms with Gasteiger partial charge in [0.05, 0.1) is 12.7 Å². The Balaban J connectivity index is 1.40. The maximum atomic E-state index is 6.12. The van der Waals surface area contributed by atoms with E-state index in [0.29, 0.717) is 18.1 Å². The molecule has 162 valence electrons. The minimum Gasteiger partial charge on any atom is -0.381 e. The first kappa shape index (κ1) is 21.8. The molecule has 0 amide bonds. The third kappa shape index (κ3) is 6.33. The zero-order chi connectivity index (χ0) is 20.0. The molecule has 0 aromatic heterocycles. The summed E-state index contributed by atoms with van der Waals surface area (Å²) in [7, 11) is 1.88. The van der Waals surface area contributed by atoms with Crippen molar-refractivity contribution in [3.05, 3.63) is 0 Å². The van der Waals surface area contributed by atoms with Crippen molar-refractivity contribution in [1.82, 2.24) is 15.5 Å². The minimum absolute atomic E-state index is 0.181. The predicted octanol–water partition coefficient (Wildman–Crippen LogP) is 2.49. The Hall–Kier alpha value is -0.850. The Bertz CT molecular complexity index is 491. The SMILES string of the molecule is CN=C(NCC1CCCOC1C(C)(C)C)NC1CCN(CC2CCOC2)CC1. The quantitative estimate of drug-likeness (QED) is 0.554. The molecule has 0 aromatic rings. The fraction of sp³-hybridized carbons (Fsp3) is 0.955. The van der Waals surface area contributed by atoms with Crippen molar-refractivity contribution >= 4 is 5.96 Å². The first-order valence-corrected chi connectivity index (χ1v) is 11.3. The molecular weight excluding hydrogens is 352 g/mol. The molecule has 3 rings (SSSR count). The van der Waals surface area contributed by atoms with Gasteiger partial charge in [-0.1, -0.05) is 20.8 Å². The minimum atomic E-state index is 0.181. The number of piperidine rings is 1. The Morgan fingerprint density at radius 3 is 2.54 bits per heavy atom. The second-order valence-electron chi connectivity index (χ2n) is 9.96. The molecule has 3 heterocycles. The number of ether oxygens (including phenoxy) is 2. The summed E-state index contributed by atoms with van der Waals surface area (Å²) >= 11 is 0. The summed E-state index contributed by atoms with van der Waals surface area (Å²) in [6.07, 6.45) is 6.31. The normalized spacial score (nSPS) is 31.1. The van der Waals surface area contributed by atoms with Gasteiger partial charge in [0.15, 0.2) is 5.96 Å². The van der Waals surface area contributed by atoms with Crippen molar-refractivity contribution in [2.45, 2.75) is 65.0 Å². The standard InChI is InChI=1S/C22H42N4O2/c1-22(2,3)20-18(6-5-12-28-20)14-24-21(23-4)25-19-7-10-26(11-8-19)15-17-9-13-27-16-17/h17-20H,5-16H2,1-4H3,(H2,23,24,25). The van der Waals surface area contributed by atoms with E-state index in [2.05, 4.69) is 41.3 Å². The van der Waals surface area contributed by atoms with E-state index in [4.69, 9.17) is 9.47 Å². The van der Waals surface area contributed by atoms with Gasteiger partial charge in [0.2, 0.25) is 0 Å². The van der Waals surface area contributed by atoms with Crippen LogP contribution in [0.3, 0.4) is 0 Å². The first-order valence-electron chi connectivity index (χ1n) is 11.3. The van der Waals surface area contributed by atoms with Crippen LogP contribution in [0, 0.1) is 17.3 Å². The third-order valence-electron chi connectivity index (χ3n) is 6.52. The molecule has 28 heavy (non-hydrogen) atoms. The third-order valence-corrected chi connectivity index (χ3v) is 6.52. The smallest absolute Gasteiger partial charge is 0.191 e. The van der Waals surface area contributed by atoms with Crippen LogP contribution >= 0.6 is 0 Å². The molecule has 0 aliphatic carbocycles. The van der Waals surface area contributed by atoms with Crippen molar-refractivity contribution < 1.29 is 9.47 Å². The van der Waals surface area contributed by atoms with Crippen LogP contribution in [-0.4, -0.2) is 76.1 Å². The lowest BCUT2D eigenvalue weighted by molar-refractivity contribution is -0.0835. The highest BCUT2D eigenvalue weighted by Gasteiger charge is 2.35. The van der Waals surface area contributed by atoms with Gasteiger partial charge < -0.3 is 25.0 Å². The van der Waals surface area contributed by atoms with Gasteiger partial charge in [0.25, 0.3) is 0 Å². The molecule has 0 aromatic carbocycles. The first-order chi connectivity index (χ1) is 13.5. The highest BCUT2D eigenvalue weighted by molar-refractivity contribution is 5.79. The summed E-state index contributed by atoms with van der Waals surface area (Å²) in [6.45, 7) is 14.1. The van der Waals surface area contributed by atoms with Gasteiger partial charge in [-0.25, -0.2) is 0 Å². The molecule has 3 unspecified atom stereocenters. The summed E-state index contributed by atoms with van der Waals surface area (Å²) < 4.78 is 11.6. The number of aliphatic imine (C=N–C) groups is 1. The van der Waals surface area contributed by atoms with Gasteiger partial charge in [-0.15, -0.1) is 0 Å². The zero-order valence-corrected chi connectivity index (χ0v) is 18.5. The highest BCUT2D eigenvalue weighted by Crippen LogP contribution is 2.33. The maximum Gasteiger partial charge on any atom is 0.191 e. The number of rotatable bonds is 5. The van der Waals surface area contributed by atoms with Crippen molar-refractivity contribution in [2.75, 3.05) is 53.0 Å². The molecule has 3 fully saturated rings. The topological polar surface area (TPSA) is 58.1 Å². The molecule has 3 aliphatic rings. The van der Waals surface area contributed by atoms with E-state index in [9.17, 15) is 0 Å². The Labute approximate surface area is 171 Å². The molecule has 0 saturated carbocycles. The van der Waals surface area contributed by atoms with E-state index in [0.717, 1.165) is 44.7 Å². The zero-order valence-electron chi connectivity index (χ0n) is 18.5. The largest absolute Gasteiger partial charge is 0.381 e. The Morgan fingerprint density at radius 1 is 1.11 bits per heavy atom. The van der Waals surface area contributed by atoms with Gasteiger partial charge in [0.1, 0.15) is 0 Å². The summed E-state index contributed by atoms with van der Waals surface area (Å²) in [5.41, 5.74) is 0.181. The average Bonchev–Trinajstić information content (AvgIpc) is 3.19. The predicted molar refractivity (Wildman–Crippen MR) is 115 cm³/mol. The number of nitrogens with one attached hydrogen (secondary N) is 2. The monoisotopic (exact) mass is 394 g/mol. The highest BCUT2D eigenvalue weighted by atomic mass is 16.5. The fourth-order valence-electron chi connectivity index (χ4n) is 4.98. The van der Waals surface area contributed by atoms with Gasteiger partial charge in [-0.3, -0.25) is 4.99 Å². The van der Waals surface area contributed by atoms with E-state index in [-0.39, 0.29) is 5.41 Å². The van der Waals surface area contributed by atoms with Gasteiger partial charge in [-0.05, 0) is 43.4 Å². The molecule has 3 atom stereocenters. The van der Waals surface area contributed by atoms with E-state index in [1.54, 1.807) is 0 Å². The van der Waals surface area contributed by atoms with Crippen molar-refractivity contribution in [2.24, 2.45) is 22.2 Å². The van der Waals surface area contributed by atoms with Crippen LogP contribution < -0.4 is 10.6 Å². The summed E-state index contributed by atoms with van der Waals surface area (Å²) in [6, 6.07) is 0.517. The van der Waals surface area contributed by atoms with Gasteiger partial charge >= 0.3 is 0 Å². The Morgan fingerprint density at radius 2 is 1.89 bits per heavy atom. The molecule has 6 heteroatoms. The van der Waals surface area contributed by atoms with E-state index < -0.39 is 0 Å². The lowest BCUT2D eigenvalue weighted by Gasteiger charge is -2.40. The van der Waals surface area contributed by atoms with Gasteiger partial charge in [-0.2, -0.15) is 0 Å².